The number of Topliss-reactive ketones (excluding diaryl/α,β-unsaturated/α-hetero) is 1. The van der Waals surface area contributed by atoms with Gasteiger partial charge in [-0.25, -0.2) is 0 Å². The van der Waals surface area contributed by atoms with E-state index in [1.807, 2.05) is 0 Å². The molecule has 1 aromatic heterocycles. The van der Waals surface area contributed by atoms with Crippen molar-refractivity contribution in [1.29, 1.82) is 0 Å². The van der Waals surface area contributed by atoms with Crippen LogP contribution in [0.4, 0.5) is 0 Å². The van der Waals surface area contributed by atoms with Crippen LogP contribution < -0.4 is 15.0 Å². The number of aromatic nitrogens is 3. The first-order chi connectivity index (χ1) is 14.6. The van der Waals surface area contributed by atoms with Gasteiger partial charge in [-0.3, -0.25) is 14.4 Å². The summed E-state index contributed by atoms with van der Waals surface area (Å²) in [5.74, 6) is 0.297. The normalized spacial score (nSPS) is 12.9. The van der Waals surface area contributed by atoms with Gasteiger partial charge in [-0.05, 0) is 30.3 Å². The fourth-order valence-electron chi connectivity index (χ4n) is 3.01. The summed E-state index contributed by atoms with van der Waals surface area (Å²) in [4.78, 5) is 36.8. The van der Waals surface area contributed by atoms with Crippen LogP contribution in [-0.4, -0.2) is 40.0 Å². The van der Waals surface area contributed by atoms with Crippen molar-refractivity contribution in [3.63, 3.8) is 0 Å². The zero-order valence-corrected chi connectivity index (χ0v) is 16.1. The third kappa shape index (κ3) is 4.29. The fourth-order valence-corrected chi connectivity index (χ4v) is 3.01. The van der Waals surface area contributed by atoms with E-state index < -0.39 is 11.5 Å². The van der Waals surface area contributed by atoms with Gasteiger partial charge in [-0.1, -0.05) is 17.3 Å². The van der Waals surface area contributed by atoms with Crippen LogP contribution in [-0.2, 0) is 16.3 Å². The number of esters is 1. The Morgan fingerprint density at radius 2 is 1.83 bits per heavy atom. The molecule has 0 bridgehead atoms. The molecule has 9 nitrogen and oxygen atoms in total. The van der Waals surface area contributed by atoms with Gasteiger partial charge < -0.3 is 14.2 Å². The molecule has 154 valence electrons. The van der Waals surface area contributed by atoms with Gasteiger partial charge in [0.1, 0.15) is 5.52 Å². The number of hydrogen-bond acceptors (Lipinski definition) is 8. The van der Waals surface area contributed by atoms with Crippen molar-refractivity contribution < 1.29 is 23.8 Å². The van der Waals surface area contributed by atoms with Crippen LogP contribution in [0.25, 0.3) is 10.9 Å². The minimum atomic E-state index is -0.612. The lowest BCUT2D eigenvalue weighted by Crippen LogP contribution is -2.26. The summed E-state index contributed by atoms with van der Waals surface area (Å²) in [5.41, 5.74) is 0.492. The summed E-state index contributed by atoms with van der Waals surface area (Å²) >= 11 is 0. The zero-order chi connectivity index (χ0) is 20.9. The molecule has 1 aliphatic rings. The molecule has 0 saturated heterocycles. The van der Waals surface area contributed by atoms with E-state index in [0.717, 1.165) is 11.1 Å². The smallest absolute Gasteiger partial charge is 0.308 e. The van der Waals surface area contributed by atoms with E-state index in [1.54, 1.807) is 42.5 Å². The van der Waals surface area contributed by atoms with Crippen molar-refractivity contribution in [2.24, 2.45) is 0 Å². The van der Waals surface area contributed by atoms with E-state index in [9.17, 15) is 14.4 Å². The van der Waals surface area contributed by atoms with Crippen molar-refractivity contribution in [3.05, 3.63) is 58.4 Å². The molecular weight excluding hydrogens is 390 g/mol. The molecule has 0 unspecified atom stereocenters. The van der Waals surface area contributed by atoms with Crippen LogP contribution in [0.1, 0.15) is 29.6 Å². The second-order valence-electron chi connectivity index (χ2n) is 6.69. The first-order valence-corrected chi connectivity index (χ1v) is 9.53. The molecule has 30 heavy (non-hydrogen) atoms. The maximum atomic E-state index is 12.4. The van der Waals surface area contributed by atoms with Crippen LogP contribution in [0.5, 0.6) is 11.5 Å². The van der Waals surface area contributed by atoms with E-state index >= 15 is 0 Å². The second-order valence-corrected chi connectivity index (χ2v) is 6.69. The van der Waals surface area contributed by atoms with Crippen LogP contribution >= 0.6 is 0 Å². The standard InChI is InChI=1S/C21H19N3O6/c25-17(14-6-8-18-19(12-14)29-11-3-10-28-18)7-9-20(26)30-13-24-21(27)15-4-1-2-5-16(15)22-23-24/h1-2,4-6,8,12H,3,7,9-11,13H2. The largest absolute Gasteiger partial charge is 0.490 e. The van der Waals surface area contributed by atoms with Crippen LogP contribution in [0.3, 0.4) is 0 Å². The lowest BCUT2D eigenvalue weighted by molar-refractivity contribution is -0.148. The third-order valence-corrected chi connectivity index (χ3v) is 4.60. The Balaban J connectivity index is 1.33. The molecule has 0 atom stereocenters. The fraction of sp³-hybridized carbons (Fsp3) is 0.286. The van der Waals surface area contributed by atoms with Crippen molar-refractivity contribution in [2.75, 3.05) is 13.2 Å². The van der Waals surface area contributed by atoms with Crippen molar-refractivity contribution in [2.45, 2.75) is 26.0 Å². The lowest BCUT2D eigenvalue weighted by Gasteiger charge is -2.09. The highest BCUT2D eigenvalue weighted by Crippen LogP contribution is 2.30. The molecule has 0 amide bonds. The van der Waals surface area contributed by atoms with Gasteiger partial charge in [-0.15, -0.1) is 5.10 Å². The molecular formula is C21H19N3O6. The number of carbonyl (C=O) groups is 2. The molecule has 3 aromatic rings. The predicted molar refractivity (Wildman–Crippen MR) is 106 cm³/mol. The molecule has 0 saturated carbocycles. The highest BCUT2D eigenvalue weighted by molar-refractivity contribution is 5.98. The number of benzene rings is 2. The van der Waals surface area contributed by atoms with E-state index in [1.165, 1.54) is 0 Å². The van der Waals surface area contributed by atoms with E-state index in [2.05, 4.69) is 10.3 Å². The molecule has 0 spiro atoms. The number of nitrogens with zero attached hydrogens (tertiary/aromatic N) is 3. The Morgan fingerprint density at radius 3 is 2.70 bits per heavy atom. The number of hydrogen-bond donors (Lipinski definition) is 0. The first-order valence-electron chi connectivity index (χ1n) is 9.53. The Bertz CT molecular complexity index is 1160. The van der Waals surface area contributed by atoms with Gasteiger partial charge in [0.2, 0.25) is 0 Å². The Morgan fingerprint density at radius 1 is 1.03 bits per heavy atom. The van der Waals surface area contributed by atoms with Gasteiger partial charge >= 0.3 is 5.97 Å². The molecule has 2 aromatic carbocycles. The maximum Gasteiger partial charge on any atom is 0.308 e. The molecule has 2 heterocycles. The van der Waals surface area contributed by atoms with Gasteiger partial charge in [0.25, 0.3) is 5.56 Å². The summed E-state index contributed by atoms with van der Waals surface area (Å²) in [7, 11) is 0. The summed E-state index contributed by atoms with van der Waals surface area (Å²) in [6.07, 6.45) is 0.619. The molecule has 0 radical (unpaired) electrons. The van der Waals surface area contributed by atoms with Crippen LogP contribution in [0.2, 0.25) is 0 Å². The number of ketones is 1. The van der Waals surface area contributed by atoms with E-state index in [-0.39, 0.29) is 25.4 Å². The maximum absolute atomic E-state index is 12.4. The number of rotatable bonds is 6. The van der Waals surface area contributed by atoms with E-state index in [4.69, 9.17) is 14.2 Å². The highest BCUT2D eigenvalue weighted by atomic mass is 16.5. The van der Waals surface area contributed by atoms with Crippen LogP contribution in [0.15, 0.2) is 47.3 Å². The highest BCUT2D eigenvalue weighted by Gasteiger charge is 2.16. The number of ether oxygens (including phenoxy) is 3. The van der Waals surface area contributed by atoms with Gasteiger partial charge in [0.15, 0.2) is 24.0 Å². The summed E-state index contributed by atoms with van der Waals surface area (Å²) in [6, 6.07) is 11.7. The quantitative estimate of drug-likeness (QED) is 0.450. The summed E-state index contributed by atoms with van der Waals surface area (Å²) in [5, 5.41) is 8.06. The van der Waals surface area contributed by atoms with Crippen molar-refractivity contribution in [1.82, 2.24) is 15.0 Å². The Kier molecular flexibility index (Phi) is 5.69. The zero-order valence-electron chi connectivity index (χ0n) is 16.1. The first kappa shape index (κ1) is 19.6. The molecule has 0 N–H and O–H groups in total. The number of fused-ring (bicyclic) bond motifs is 2. The molecule has 1 aliphatic heterocycles. The Labute approximate surface area is 171 Å². The average Bonchev–Trinajstić information content (AvgIpc) is 3.02. The Hall–Kier alpha value is -3.75. The molecule has 4 rings (SSSR count). The summed E-state index contributed by atoms with van der Waals surface area (Å²) in [6.45, 7) is 0.721. The summed E-state index contributed by atoms with van der Waals surface area (Å²) < 4.78 is 17.2. The predicted octanol–water partition coefficient (Wildman–Crippen LogP) is 2.12. The monoisotopic (exact) mass is 409 g/mol. The topological polar surface area (TPSA) is 110 Å². The van der Waals surface area contributed by atoms with Gasteiger partial charge in [0.05, 0.1) is 25.0 Å². The van der Waals surface area contributed by atoms with Crippen LogP contribution in [0, 0.1) is 0 Å². The van der Waals surface area contributed by atoms with Crippen molar-refractivity contribution >= 4 is 22.7 Å². The van der Waals surface area contributed by atoms with Crippen molar-refractivity contribution in [3.8, 4) is 11.5 Å². The second kappa shape index (κ2) is 8.73. The van der Waals surface area contributed by atoms with Gasteiger partial charge in [-0.2, -0.15) is 4.68 Å². The third-order valence-electron chi connectivity index (χ3n) is 4.60. The number of carbonyl (C=O) groups excluding carboxylic acids is 2. The minimum absolute atomic E-state index is 0.0310. The molecule has 9 heteroatoms. The average molecular weight is 409 g/mol. The molecule has 0 aliphatic carbocycles. The minimum Gasteiger partial charge on any atom is -0.490 e. The van der Waals surface area contributed by atoms with Gasteiger partial charge in [0, 0.05) is 18.4 Å². The SMILES string of the molecule is O=C(CCC(=O)c1ccc2c(c1)OCCCO2)OCn1nnc2ccccc2c1=O. The lowest BCUT2D eigenvalue weighted by atomic mass is 10.1. The van der Waals surface area contributed by atoms with E-state index in [0.29, 0.717) is 41.2 Å². The molecule has 0 fully saturated rings.